The summed E-state index contributed by atoms with van der Waals surface area (Å²) in [5.74, 6) is -3.29. The van der Waals surface area contributed by atoms with Crippen molar-refractivity contribution in [1.82, 2.24) is 0 Å². The third-order valence-corrected chi connectivity index (χ3v) is 3.05. The maximum atomic E-state index is 13.2. The molecule has 18 heavy (non-hydrogen) atoms. The van der Waals surface area contributed by atoms with Crippen LogP contribution in [0, 0.1) is 0 Å². The van der Waals surface area contributed by atoms with Gasteiger partial charge in [0.1, 0.15) is 6.61 Å². The second-order valence-electron chi connectivity index (χ2n) is 4.16. The monoisotopic (exact) mass is 258 g/mol. The molecule has 0 heterocycles. The van der Waals surface area contributed by atoms with Crippen LogP contribution in [0.25, 0.3) is 0 Å². The number of alkyl halides is 2. The highest BCUT2D eigenvalue weighted by Crippen LogP contribution is 2.29. The summed E-state index contributed by atoms with van der Waals surface area (Å²) in [7, 11) is 0. The smallest absolute Gasteiger partial charge is 0.289 e. The predicted octanol–water partition coefficient (Wildman–Crippen LogP) is 2.16. The van der Waals surface area contributed by atoms with Crippen LogP contribution in [0.15, 0.2) is 24.3 Å². The van der Waals surface area contributed by atoms with Gasteiger partial charge in [0.15, 0.2) is 0 Å². The number of halogens is 2. The van der Waals surface area contributed by atoms with Gasteiger partial charge >= 0.3 is 0 Å². The first-order valence-electron chi connectivity index (χ1n) is 6.05. The molecule has 0 amide bonds. The summed E-state index contributed by atoms with van der Waals surface area (Å²) in [5.41, 5.74) is 6.75. The lowest BCUT2D eigenvalue weighted by molar-refractivity contribution is -0.0711. The Morgan fingerprint density at radius 1 is 1.22 bits per heavy atom. The number of hydrogen-bond acceptors (Lipinski definition) is 3. The molecule has 0 saturated carbocycles. The van der Waals surface area contributed by atoms with Crippen LogP contribution in [0.4, 0.5) is 14.5 Å². The average molecular weight is 258 g/mol. The molecular weight excluding hydrogens is 238 g/mol. The Bertz CT molecular complexity index is 364. The quantitative estimate of drug-likeness (QED) is 0.822. The van der Waals surface area contributed by atoms with Gasteiger partial charge in [0.2, 0.25) is 0 Å². The minimum absolute atomic E-state index is 0.324. The summed E-state index contributed by atoms with van der Waals surface area (Å²) in [5, 5.41) is 8.61. The highest BCUT2D eigenvalue weighted by molar-refractivity contribution is 5.48. The summed E-state index contributed by atoms with van der Waals surface area (Å²) in [6.45, 7) is 4.53. The molecule has 102 valence electrons. The average Bonchev–Trinajstić information content (AvgIpc) is 2.40. The number of nitrogens with zero attached hydrogens (tertiary/aromatic N) is 1. The Morgan fingerprint density at radius 3 is 2.11 bits per heavy atom. The van der Waals surface area contributed by atoms with Crippen molar-refractivity contribution in [3.8, 4) is 0 Å². The molecule has 1 rings (SSSR count). The van der Waals surface area contributed by atoms with Crippen molar-refractivity contribution in [2.24, 2.45) is 5.73 Å². The molecule has 1 atom stereocenters. The SMILES string of the molecule is CCN(CC)c1ccc([C@@H](N)C(F)(F)CO)cc1. The van der Waals surface area contributed by atoms with Crippen molar-refractivity contribution in [2.45, 2.75) is 25.8 Å². The topological polar surface area (TPSA) is 49.5 Å². The molecule has 0 aromatic heterocycles. The van der Waals surface area contributed by atoms with E-state index in [1.54, 1.807) is 24.3 Å². The first-order valence-corrected chi connectivity index (χ1v) is 6.05. The van der Waals surface area contributed by atoms with Gasteiger partial charge in [-0.05, 0) is 31.5 Å². The maximum Gasteiger partial charge on any atom is 0.289 e. The highest BCUT2D eigenvalue weighted by Gasteiger charge is 2.37. The van der Waals surface area contributed by atoms with E-state index in [2.05, 4.69) is 4.90 Å². The second-order valence-corrected chi connectivity index (χ2v) is 4.16. The molecule has 0 aliphatic heterocycles. The summed E-state index contributed by atoms with van der Waals surface area (Å²) < 4.78 is 26.5. The van der Waals surface area contributed by atoms with E-state index in [1.807, 2.05) is 13.8 Å². The molecule has 1 aromatic carbocycles. The zero-order chi connectivity index (χ0) is 13.8. The van der Waals surface area contributed by atoms with Gasteiger partial charge in [-0.2, -0.15) is 0 Å². The van der Waals surface area contributed by atoms with Gasteiger partial charge in [0.25, 0.3) is 5.92 Å². The lowest BCUT2D eigenvalue weighted by Gasteiger charge is -2.24. The molecule has 0 unspecified atom stereocenters. The van der Waals surface area contributed by atoms with E-state index in [9.17, 15) is 8.78 Å². The number of aliphatic hydroxyl groups is 1. The van der Waals surface area contributed by atoms with Gasteiger partial charge in [-0.3, -0.25) is 0 Å². The van der Waals surface area contributed by atoms with E-state index in [1.165, 1.54) is 0 Å². The van der Waals surface area contributed by atoms with E-state index < -0.39 is 18.6 Å². The van der Waals surface area contributed by atoms with Crippen LogP contribution in [0.1, 0.15) is 25.5 Å². The molecule has 3 nitrogen and oxygen atoms in total. The number of hydrogen-bond donors (Lipinski definition) is 2. The number of benzene rings is 1. The van der Waals surface area contributed by atoms with E-state index in [0.717, 1.165) is 18.8 Å². The lowest BCUT2D eigenvalue weighted by Crippen LogP contribution is -2.36. The molecule has 0 saturated heterocycles. The van der Waals surface area contributed by atoms with Crippen LogP contribution in [0.3, 0.4) is 0 Å². The van der Waals surface area contributed by atoms with E-state index in [-0.39, 0.29) is 0 Å². The Hall–Kier alpha value is -1.20. The molecule has 0 spiro atoms. The number of aliphatic hydroxyl groups excluding tert-OH is 1. The fraction of sp³-hybridized carbons (Fsp3) is 0.538. The summed E-state index contributed by atoms with van der Waals surface area (Å²) >= 11 is 0. The molecule has 0 fully saturated rings. The van der Waals surface area contributed by atoms with Crippen molar-refractivity contribution in [2.75, 3.05) is 24.6 Å². The third-order valence-electron chi connectivity index (χ3n) is 3.05. The number of nitrogens with two attached hydrogens (primary N) is 1. The maximum absolute atomic E-state index is 13.2. The molecule has 0 radical (unpaired) electrons. The normalized spacial score (nSPS) is 13.4. The highest BCUT2D eigenvalue weighted by atomic mass is 19.3. The minimum Gasteiger partial charge on any atom is -0.390 e. The van der Waals surface area contributed by atoms with Gasteiger partial charge < -0.3 is 15.7 Å². The molecule has 1 aromatic rings. The molecular formula is C13H20F2N2O. The van der Waals surface area contributed by atoms with Crippen molar-refractivity contribution >= 4 is 5.69 Å². The molecule has 0 bridgehead atoms. The Labute approximate surface area is 106 Å². The Kier molecular flexibility index (Phi) is 5.04. The van der Waals surface area contributed by atoms with E-state index in [4.69, 9.17) is 10.8 Å². The molecule has 0 aliphatic carbocycles. The summed E-state index contributed by atoms with van der Waals surface area (Å²) in [6.07, 6.45) is 0. The van der Waals surface area contributed by atoms with Gasteiger partial charge in [-0.15, -0.1) is 0 Å². The van der Waals surface area contributed by atoms with Gasteiger partial charge in [0.05, 0.1) is 6.04 Å². The Morgan fingerprint density at radius 2 is 1.72 bits per heavy atom. The van der Waals surface area contributed by atoms with Gasteiger partial charge in [-0.1, -0.05) is 12.1 Å². The molecule has 0 aliphatic rings. The van der Waals surface area contributed by atoms with Crippen molar-refractivity contribution < 1.29 is 13.9 Å². The van der Waals surface area contributed by atoms with Gasteiger partial charge in [0, 0.05) is 18.8 Å². The van der Waals surface area contributed by atoms with Crippen LogP contribution in [-0.2, 0) is 0 Å². The van der Waals surface area contributed by atoms with Gasteiger partial charge in [-0.25, -0.2) is 8.78 Å². The van der Waals surface area contributed by atoms with Crippen LogP contribution in [0.5, 0.6) is 0 Å². The molecule has 3 N–H and O–H groups in total. The van der Waals surface area contributed by atoms with Crippen molar-refractivity contribution in [1.29, 1.82) is 0 Å². The van der Waals surface area contributed by atoms with Crippen LogP contribution >= 0.6 is 0 Å². The lowest BCUT2D eigenvalue weighted by atomic mass is 10.0. The largest absolute Gasteiger partial charge is 0.390 e. The fourth-order valence-electron chi connectivity index (χ4n) is 1.82. The predicted molar refractivity (Wildman–Crippen MR) is 69.0 cm³/mol. The third kappa shape index (κ3) is 3.17. The van der Waals surface area contributed by atoms with Crippen molar-refractivity contribution in [3.05, 3.63) is 29.8 Å². The number of anilines is 1. The summed E-state index contributed by atoms with van der Waals surface area (Å²) in [6, 6.07) is 5.24. The minimum atomic E-state index is -3.29. The Balaban J connectivity index is 2.89. The zero-order valence-corrected chi connectivity index (χ0v) is 10.7. The van der Waals surface area contributed by atoms with Crippen LogP contribution in [-0.4, -0.2) is 30.7 Å². The fourth-order valence-corrected chi connectivity index (χ4v) is 1.82. The first kappa shape index (κ1) is 14.9. The van der Waals surface area contributed by atoms with E-state index >= 15 is 0 Å². The molecule has 5 heteroatoms. The zero-order valence-electron chi connectivity index (χ0n) is 10.7. The van der Waals surface area contributed by atoms with Crippen LogP contribution < -0.4 is 10.6 Å². The van der Waals surface area contributed by atoms with Crippen molar-refractivity contribution in [3.63, 3.8) is 0 Å². The number of rotatable bonds is 6. The summed E-state index contributed by atoms with van der Waals surface area (Å²) in [4.78, 5) is 2.11. The van der Waals surface area contributed by atoms with E-state index in [0.29, 0.717) is 5.56 Å². The standard InChI is InChI=1S/C13H20F2N2O/c1-3-17(4-2)11-7-5-10(6-8-11)12(16)13(14,15)9-18/h5-8,12,18H,3-4,9,16H2,1-2H3/t12-/m1/s1. The van der Waals surface area contributed by atoms with Crippen LogP contribution in [0.2, 0.25) is 0 Å². The second kappa shape index (κ2) is 6.11. The first-order chi connectivity index (χ1) is 8.46.